The first-order valence-corrected chi connectivity index (χ1v) is 10.8. The Morgan fingerprint density at radius 3 is 2.80 bits per heavy atom. The van der Waals surface area contributed by atoms with Crippen LogP contribution in [0.25, 0.3) is 0 Å². The van der Waals surface area contributed by atoms with Crippen LogP contribution in [0.3, 0.4) is 0 Å². The van der Waals surface area contributed by atoms with Gasteiger partial charge in [0.15, 0.2) is 0 Å². The second kappa shape index (κ2) is 10.7. The molecule has 0 aromatic heterocycles. The van der Waals surface area contributed by atoms with Crippen molar-refractivity contribution in [1.82, 2.24) is 5.43 Å². The quantitative estimate of drug-likeness (QED) is 0.394. The number of thioether (sulfide) groups is 1. The molecular formula is C21H24N4O4S. The highest BCUT2D eigenvalue weighted by atomic mass is 32.2. The van der Waals surface area contributed by atoms with Crippen LogP contribution in [0.2, 0.25) is 0 Å². The number of nitrogens with zero attached hydrogens (tertiary/aromatic N) is 3. The lowest BCUT2D eigenvalue weighted by Gasteiger charge is -2.29. The van der Waals surface area contributed by atoms with Crippen LogP contribution in [0.5, 0.6) is 0 Å². The molecule has 3 rings (SSSR count). The van der Waals surface area contributed by atoms with Crippen molar-refractivity contribution in [2.45, 2.75) is 12.7 Å². The predicted molar refractivity (Wildman–Crippen MR) is 119 cm³/mol. The third-order valence-corrected chi connectivity index (χ3v) is 5.70. The van der Waals surface area contributed by atoms with E-state index in [-0.39, 0.29) is 17.3 Å². The highest BCUT2D eigenvalue weighted by molar-refractivity contribution is 7.99. The molecule has 1 N–H and O–H groups in total. The van der Waals surface area contributed by atoms with Gasteiger partial charge in [-0.1, -0.05) is 24.3 Å². The van der Waals surface area contributed by atoms with Crippen LogP contribution in [0.1, 0.15) is 16.7 Å². The summed E-state index contributed by atoms with van der Waals surface area (Å²) >= 11 is 1.51. The highest BCUT2D eigenvalue weighted by Gasteiger charge is 2.17. The highest BCUT2D eigenvalue weighted by Crippen LogP contribution is 2.25. The Labute approximate surface area is 179 Å². The molecule has 1 aliphatic heterocycles. The zero-order valence-electron chi connectivity index (χ0n) is 16.7. The fraction of sp³-hybridized carbons (Fsp3) is 0.333. The zero-order chi connectivity index (χ0) is 21.3. The van der Waals surface area contributed by atoms with Gasteiger partial charge in [0.1, 0.15) is 0 Å². The number of carbonyl (C=O) groups is 1. The first-order valence-electron chi connectivity index (χ1n) is 9.60. The standard InChI is InChI=1S/C21H24N4O4S/c1-16-4-2-3-5-17(16)14-30-15-21(26)23-22-13-18-12-19(25(27)28)6-7-20(18)24-8-10-29-11-9-24/h2-7,12-13H,8-11,14-15H2,1H3,(H,23,26)/b22-13+. The van der Waals surface area contributed by atoms with Gasteiger partial charge in [-0.2, -0.15) is 5.10 Å². The van der Waals surface area contributed by atoms with E-state index in [1.54, 1.807) is 6.07 Å². The minimum atomic E-state index is -0.443. The molecule has 0 bridgehead atoms. The van der Waals surface area contributed by atoms with Crippen molar-refractivity contribution in [3.8, 4) is 0 Å². The predicted octanol–water partition coefficient (Wildman–Crippen LogP) is 3.12. The summed E-state index contributed by atoms with van der Waals surface area (Å²) in [5.41, 5.74) is 6.30. The minimum absolute atomic E-state index is 0.0198. The number of nitrogens with one attached hydrogen (secondary N) is 1. The average Bonchev–Trinajstić information content (AvgIpc) is 2.75. The van der Waals surface area contributed by atoms with Crippen LogP contribution in [0, 0.1) is 17.0 Å². The van der Waals surface area contributed by atoms with E-state index in [4.69, 9.17) is 4.74 Å². The van der Waals surface area contributed by atoms with Crippen LogP contribution >= 0.6 is 11.8 Å². The molecule has 0 atom stereocenters. The van der Waals surface area contributed by atoms with E-state index in [0.29, 0.717) is 31.9 Å². The smallest absolute Gasteiger partial charge is 0.270 e. The third kappa shape index (κ3) is 6.04. The first kappa shape index (κ1) is 21.8. The summed E-state index contributed by atoms with van der Waals surface area (Å²) in [5.74, 6) is 0.801. The lowest BCUT2D eigenvalue weighted by atomic mass is 10.1. The van der Waals surface area contributed by atoms with Gasteiger partial charge < -0.3 is 9.64 Å². The fourth-order valence-corrected chi connectivity index (χ4v) is 3.98. The Bertz CT molecular complexity index is 929. The molecule has 1 saturated heterocycles. The largest absolute Gasteiger partial charge is 0.378 e. The summed E-state index contributed by atoms with van der Waals surface area (Å²) in [6.45, 7) is 4.64. The number of aryl methyl sites for hydroxylation is 1. The van der Waals surface area contributed by atoms with Crippen LogP contribution < -0.4 is 10.3 Å². The van der Waals surface area contributed by atoms with Crippen molar-refractivity contribution >= 4 is 35.3 Å². The van der Waals surface area contributed by atoms with Gasteiger partial charge >= 0.3 is 0 Å². The zero-order valence-corrected chi connectivity index (χ0v) is 17.6. The Kier molecular flexibility index (Phi) is 7.81. The van der Waals surface area contributed by atoms with Crippen molar-refractivity contribution in [2.24, 2.45) is 5.10 Å². The normalized spacial score (nSPS) is 14.1. The summed E-state index contributed by atoms with van der Waals surface area (Å²) in [4.78, 5) is 24.9. The monoisotopic (exact) mass is 428 g/mol. The maximum Gasteiger partial charge on any atom is 0.270 e. The molecule has 1 aliphatic rings. The maximum absolute atomic E-state index is 12.1. The van der Waals surface area contributed by atoms with Crippen molar-refractivity contribution in [1.29, 1.82) is 0 Å². The Morgan fingerprint density at radius 1 is 1.30 bits per heavy atom. The number of hydrazone groups is 1. The molecule has 8 nitrogen and oxygen atoms in total. The van der Waals surface area contributed by atoms with Crippen molar-refractivity contribution in [2.75, 3.05) is 37.0 Å². The second-order valence-electron chi connectivity index (χ2n) is 6.81. The number of rotatable bonds is 8. The number of ether oxygens (including phenoxy) is 1. The van der Waals surface area contributed by atoms with Crippen LogP contribution in [0.4, 0.5) is 11.4 Å². The van der Waals surface area contributed by atoms with E-state index < -0.39 is 4.92 Å². The number of morpholine rings is 1. The molecule has 1 fully saturated rings. The van der Waals surface area contributed by atoms with E-state index in [0.717, 1.165) is 11.4 Å². The summed E-state index contributed by atoms with van der Waals surface area (Å²) in [6, 6.07) is 12.7. The van der Waals surface area contributed by atoms with Gasteiger partial charge in [-0.15, -0.1) is 11.8 Å². The van der Waals surface area contributed by atoms with Gasteiger partial charge in [-0.3, -0.25) is 14.9 Å². The van der Waals surface area contributed by atoms with Crippen molar-refractivity contribution < 1.29 is 14.5 Å². The molecule has 0 saturated carbocycles. The summed E-state index contributed by atoms with van der Waals surface area (Å²) in [7, 11) is 0. The fourth-order valence-electron chi connectivity index (χ4n) is 3.08. The number of amides is 1. The molecule has 30 heavy (non-hydrogen) atoms. The number of anilines is 1. The van der Waals surface area contributed by atoms with Gasteiger partial charge in [0.05, 0.1) is 30.1 Å². The molecule has 2 aromatic carbocycles. The molecule has 158 valence electrons. The van der Waals surface area contributed by atoms with Gasteiger partial charge in [0, 0.05) is 42.2 Å². The number of non-ortho nitro benzene ring substituents is 1. The van der Waals surface area contributed by atoms with Crippen LogP contribution in [0.15, 0.2) is 47.6 Å². The lowest BCUT2D eigenvalue weighted by molar-refractivity contribution is -0.384. The second-order valence-corrected chi connectivity index (χ2v) is 7.80. The SMILES string of the molecule is Cc1ccccc1CSCC(=O)N/N=C/c1cc([N+](=O)[O-])ccc1N1CCOCC1. The Hall–Kier alpha value is -2.91. The molecule has 2 aromatic rings. The minimum Gasteiger partial charge on any atom is -0.378 e. The topological polar surface area (TPSA) is 97.1 Å². The number of nitro groups is 1. The van der Waals surface area contributed by atoms with E-state index in [1.807, 2.05) is 31.2 Å². The van der Waals surface area contributed by atoms with Crippen molar-refractivity contribution in [3.63, 3.8) is 0 Å². The number of hydrogen-bond donors (Lipinski definition) is 1. The van der Waals surface area contributed by atoms with Crippen LogP contribution in [-0.2, 0) is 15.3 Å². The van der Waals surface area contributed by atoms with Gasteiger partial charge in [0.2, 0.25) is 5.91 Å². The Morgan fingerprint density at radius 2 is 2.07 bits per heavy atom. The van der Waals surface area contributed by atoms with E-state index in [2.05, 4.69) is 15.4 Å². The van der Waals surface area contributed by atoms with Gasteiger partial charge in [-0.05, 0) is 24.1 Å². The molecule has 0 radical (unpaired) electrons. The number of carbonyl (C=O) groups excluding carboxylic acids is 1. The van der Waals surface area contributed by atoms with Crippen molar-refractivity contribution in [3.05, 3.63) is 69.3 Å². The van der Waals surface area contributed by atoms with E-state index in [9.17, 15) is 14.9 Å². The molecule has 0 unspecified atom stereocenters. The number of hydrogen-bond acceptors (Lipinski definition) is 7. The molecule has 9 heteroatoms. The summed E-state index contributed by atoms with van der Waals surface area (Å²) in [6.07, 6.45) is 1.46. The average molecular weight is 429 g/mol. The van der Waals surface area contributed by atoms with E-state index in [1.165, 1.54) is 41.2 Å². The summed E-state index contributed by atoms with van der Waals surface area (Å²) < 4.78 is 5.37. The van der Waals surface area contributed by atoms with Crippen LogP contribution in [-0.4, -0.2) is 49.1 Å². The van der Waals surface area contributed by atoms with Gasteiger partial charge in [-0.25, -0.2) is 5.43 Å². The molecule has 0 aliphatic carbocycles. The first-order chi connectivity index (χ1) is 14.5. The number of benzene rings is 2. The third-order valence-electron chi connectivity index (χ3n) is 4.72. The molecule has 0 spiro atoms. The lowest BCUT2D eigenvalue weighted by Crippen LogP contribution is -2.36. The molecule has 1 amide bonds. The van der Waals surface area contributed by atoms with Gasteiger partial charge in [0.25, 0.3) is 5.69 Å². The van der Waals surface area contributed by atoms with E-state index >= 15 is 0 Å². The molecule has 1 heterocycles. The molecular weight excluding hydrogens is 404 g/mol. The summed E-state index contributed by atoms with van der Waals surface area (Å²) in [5, 5.41) is 15.2. The maximum atomic E-state index is 12.1. The Balaban J connectivity index is 1.59. The number of nitro benzene ring substituents is 1.